The van der Waals surface area contributed by atoms with Gasteiger partial charge in [0.1, 0.15) is 5.75 Å². The molecule has 2 N–H and O–H groups in total. The largest absolute Gasteiger partial charge is 0.497 e. The lowest BCUT2D eigenvalue weighted by Gasteiger charge is -2.24. The van der Waals surface area contributed by atoms with E-state index in [0.29, 0.717) is 11.3 Å². The van der Waals surface area contributed by atoms with Crippen molar-refractivity contribution in [3.05, 3.63) is 71.3 Å². The molecule has 1 saturated carbocycles. The van der Waals surface area contributed by atoms with Crippen LogP contribution in [0.1, 0.15) is 59.5 Å². The van der Waals surface area contributed by atoms with Gasteiger partial charge in [-0.25, -0.2) is 9.52 Å². The number of rotatable bonds is 8. The lowest BCUT2D eigenvalue weighted by molar-refractivity contribution is -0.132. The minimum Gasteiger partial charge on any atom is -0.497 e. The topological polar surface area (TPSA) is 118 Å². The van der Waals surface area contributed by atoms with Crippen molar-refractivity contribution in [1.82, 2.24) is 13.6 Å². The number of fused-ring (bicyclic) bond motifs is 5. The van der Waals surface area contributed by atoms with E-state index in [4.69, 9.17) is 4.74 Å². The lowest BCUT2D eigenvalue weighted by Crippen LogP contribution is -2.41. The SMILES string of the molecule is C=CCN(C)S(=O)(=O)NC(=O)c1ccc2c(C3CCCCC3)c3n(c2c1)CC(C(=O)O)=Cc1cc(OC)ccc1-3. The third kappa shape index (κ3) is 5.04. The number of ether oxygens (including phenoxy) is 1. The molecule has 1 amide bonds. The summed E-state index contributed by atoms with van der Waals surface area (Å²) in [5.74, 6) is -0.889. The van der Waals surface area contributed by atoms with Gasteiger partial charge in [0.05, 0.1) is 24.9 Å². The molecule has 2 aliphatic rings. The summed E-state index contributed by atoms with van der Waals surface area (Å²) in [6, 6.07) is 10.8. The maximum Gasteiger partial charge on any atom is 0.333 e. The van der Waals surface area contributed by atoms with Crippen LogP contribution in [0.25, 0.3) is 28.2 Å². The number of nitrogens with zero attached hydrogens (tertiary/aromatic N) is 2. The van der Waals surface area contributed by atoms with Gasteiger partial charge in [0.25, 0.3) is 5.91 Å². The van der Waals surface area contributed by atoms with Gasteiger partial charge in [0, 0.05) is 35.6 Å². The van der Waals surface area contributed by atoms with E-state index in [9.17, 15) is 23.1 Å². The zero-order chi connectivity index (χ0) is 28.6. The molecule has 1 aromatic heterocycles. The minimum absolute atomic E-state index is 0.0487. The van der Waals surface area contributed by atoms with Crippen LogP contribution in [0.3, 0.4) is 0 Å². The van der Waals surface area contributed by atoms with Crippen LogP contribution in [0.15, 0.2) is 54.6 Å². The number of aromatic nitrogens is 1. The number of nitrogens with one attached hydrogen (secondary N) is 1. The van der Waals surface area contributed by atoms with Crippen molar-refractivity contribution in [2.45, 2.75) is 44.6 Å². The second-order valence-corrected chi connectivity index (χ2v) is 12.1. The molecule has 0 spiro atoms. The first kappa shape index (κ1) is 27.7. The number of likely N-dealkylation sites (N-methyl/N-ethyl adjacent to an activating group) is 1. The van der Waals surface area contributed by atoms with Gasteiger partial charge in [0.15, 0.2) is 0 Å². The number of carboxylic acid groups (broad SMARTS) is 1. The predicted molar refractivity (Wildman–Crippen MR) is 155 cm³/mol. The fourth-order valence-corrected chi connectivity index (χ4v) is 6.66. The number of benzene rings is 2. The van der Waals surface area contributed by atoms with Gasteiger partial charge in [-0.15, -0.1) is 6.58 Å². The predicted octanol–water partition coefficient (Wildman–Crippen LogP) is 4.94. The molecule has 0 unspecified atom stereocenters. The molecule has 40 heavy (non-hydrogen) atoms. The van der Waals surface area contributed by atoms with E-state index in [2.05, 4.69) is 11.3 Å². The number of hydrogen-bond acceptors (Lipinski definition) is 5. The number of methoxy groups -OCH3 is 1. The molecule has 0 atom stereocenters. The van der Waals surface area contributed by atoms with Gasteiger partial charge >= 0.3 is 16.2 Å². The van der Waals surface area contributed by atoms with Crippen LogP contribution >= 0.6 is 0 Å². The van der Waals surface area contributed by atoms with Gasteiger partial charge in [-0.2, -0.15) is 12.7 Å². The first-order valence-electron chi connectivity index (χ1n) is 13.3. The zero-order valence-electron chi connectivity index (χ0n) is 22.6. The Morgan fingerprint density at radius 2 is 1.93 bits per heavy atom. The normalized spacial score (nSPS) is 15.6. The highest BCUT2D eigenvalue weighted by atomic mass is 32.2. The summed E-state index contributed by atoms with van der Waals surface area (Å²) in [7, 11) is -1.13. The number of carbonyl (C=O) groups excluding carboxylic acids is 1. The molecule has 1 aliphatic carbocycles. The van der Waals surface area contributed by atoms with Crippen LogP contribution in [0.2, 0.25) is 0 Å². The summed E-state index contributed by atoms with van der Waals surface area (Å²) in [4.78, 5) is 25.4. The number of aliphatic carboxylic acids is 1. The number of amides is 1. The Morgan fingerprint density at radius 3 is 2.60 bits per heavy atom. The third-order valence-corrected chi connectivity index (χ3v) is 9.26. The fourth-order valence-electron chi connectivity index (χ4n) is 5.85. The Bertz CT molecular complexity index is 1650. The second-order valence-electron chi connectivity index (χ2n) is 10.3. The monoisotopic (exact) mass is 563 g/mol. The maximum atomic E-state index is 13.1. The Hall–Kier alpha value is -3.89. The summed E-state index contributed by atoms with van der Waals surface area (Å²) in [5, 5.41) is 11.0. The molecule has 10 heteroatoms. The first-order valence-corrected chi connectivity index (χ1v) is 14.8. The highest BCUT2D eigenvalue weighted by Gasteiger charge is 2.31. The van der Waals surface area contributed by atoms with E-state index >= 15 is 0 Å². The molecule has 2 aromatic carbocycles. The first-order chi connectivity index (χ1) is 19.1. The molecule has 0 saturated heterocycles. The molecular weight excluding hydrogens is 530 g/mol. The highest BCUT2D eigenvalue weighted by molar-refractivity contribution is 7.87. The van der Waals surface area contributed by atoms with Gasteiger partial charge < -0.3 is 14.4 Å². The van der Waals surface area contributed by atoms with Crippen LogP contribution in [0, 0.1) is 0 Å². The van der Waals surface area contributed by atoms with Crippen molar-refractivity contribution < 1.29 is 27.9 Å². The van der Waals surface area contributed by atoms with Crippen molar-refractivity contribution >= 4 is 39.1 Å². The fraction of sp³-hybridized carbons (Fsp3) is 0.333. The smallest absolute Gasteiger partial charge is 0.333 e. The molecule has 5 rings (SSSR count). The van der Waals surface area contributed by atoms with Gasteiger partial charge in [-0.3, -0.25) is 4.79 Å². The van der Waals surface area contributed by atoms with Crippen LogP contribution in [-0.4, -0.2) is 55.0 Å². The van der Waals surface area contributed by atoms with E-state index in [1.807, 2.05) is 28.8 Å². The quantitative estimate of drug-likeness (QED) is 0.375. The summed E-state index contributed by atoms with van der Waals surface area (Å²) in [6.07, 6.45) is 8.56. The van der Waals surface area contributed by atoms with Crippen LogP contribution in [0.5, 0.6) is 5.75 Å². The van der Waals surface area contributed by atoms with Gasteiger partial charge in [-0.05, 0) is 66.3 Å². The van der Waals surface area contributed by atoms with E-state index in [1.165, 1.54) is 19.5 Å². The van der Waals surface area contributed by atoms with Crippen LogP contribution < -0.4 is 9.46 Å². The van der Waals surface area contributed by atoms with Gasteiger partial charge in [-0.1, -0.05) is 31.4 Å². The zero-order valence-corrected chi connectivity index (χ0v) is 23.5. The van der Waals surface area contributed by atoms with E-state index in [1.54, 1.807) is 25.3 Å². The molecule has 2 heterocycles. The van der Waals surface area contributed by atoms with Crippen LogP contribution in [0.4, 0.5) is 0 Å². The van der Waals surface area contributed by atoms with Crippen molar-refractivity contribution in [3.63, 3.8) is 0 Å². The average molecular weight is 564 g/mol. The van der Waals surface area contributed by atoms with Crippen LogP contribution in [-0.2, 0) is 21.5 Å². The van der Waals surface area contributed by atoms with E-state index in [-0.39, 0.29) is 30.1 Å². The number of hydrogen-bond donors (Lipinski definition) is 2. The minimum atomic E-state index is -4.07. The Kier molecular flexibility index (Phi) is 7.57. The summed E-state index contributed by atoms with van der Waals surface area (Å²) < 4.78 is 35.8. The Morgan fingerprint density at radius 1 is 1.18 bits per heavy atom. The molecule has 210 valence electrons. The molecule has 9 nitrogen and oxygen atoms in total. The van der Waals surface area contributed by atoms with E-state index in [0.717, 1.165) is 57.8 Å². The summed E-state index contributed by atoms with van der Waals surface area (Å²) >= 11 is 0. The van der Waals surface area contributed by atoms with E-state index < -0.39 is 22.1 Å². The van der Waals surface area contributed by atoms with Gasteiger partial charge in [0.2, 0.25) is 0 Å². The maximum absolute atomic E-state index is 13.1. The van der Waals surface area contributed by atoms with Crippen molar-refractivity contribution in [1.29, 1.82) is 0 Å². The molecular formula is C30H33N3O6S. The molecule has 3 aromatic rings. The number of carbonyl (C=O) groups is 2. The van der Waals surface area contributed by atoms with Crippen molar-refractivity contribution in [2.75, 3.05) is 20.7 Å². The lowest BCUT2D eigenvalue weighted by atomic mass is 9.81. The third-order valence-electron chi connectivity index (χ3n) is 7.84. The Balaban J connectivity index is 1.72. The molecule has 1 aliphatic heterocycles. The van der Waals surface area contributed by atoms with Crippen molar-refractivity contribution in [3.8, 4) is 17.0 Å². The highest BCUT2D eigenvalue weighted by Crippen LogP contribution is 2.47. The van der Waals surface area contributed by atoms with Crippen molar-refractivity contribution in [2.24, 2.45) is 0 Å². The average Bonchev–Trinajstić information content (AvgIpc) is 3.15. The standard InChI is InChI=1S/C30H33N3O6S/c1-4-14-32(2)40(37,38)31-29(34)20-10-12-25-26(17-20)33-18-22(30(35)36)15-21-16-23(39-3)11-13-24(21)28(33)27(25)19-8-6-5-7-9-19/h4,10-13,15-17,19H,1,5-9,14,18H2,2-3H3,(H,31,34)(H,35,36). The summed E-state index contributed by atoms with van der Waals surface area (Å²) in [5.41, 5.74) is 4.78. The molecule has 0 bridgehead atoms. The molecule has 0 radical (unpaired) electrons. The summed E-state index contributed by atoms with van der Waals surface area (Å²) in [6.45, 7) is 3.69. The molecule has 1 fully saturated rings. The number of carboxylic acids is 1. The Labute approximate surface area is 233 Å². The second kappa shape index (κ2) is 10.9.